The van der Waals surface area contributed by atoms with Crippen molar-refractivity contribution >= 4 is 17.5 Å². The van der Waals surface area contributed by atoms with Crippen molar-refractivity contribution in [3.05, 3.63) is 64.7 Å². The molecule has 0 atom stereocenters. The summed E-state index contributed by atoms with van der Waals surface area (Å²) < 4.78 is 5.78. The number of rotatable bonds is 6. The van der Waals surface area contributed by atoms with Gasteiger partial charge in [-0.3, -0.25) is 4.79 Å². The van der Waals surface area contributed by atoms with E-state index in [0.717, 1.165) is 24.0 Å². The van der Waals surface area contributed by atoms with Crippen LogP contribution in [0.4, 0.5) is 0 Å². The van der Waals surface area contributed by atoms with E-state index in [1.54, 1.807) is 6.07 Å². The molecule has 0 radical (unpaired) electrons. The van der Waals surface area contributed by atoms with E-state index in [1.807, 2.05) is 42.5 Å². The summed E-state index contributed by atoms with van der Waals surface area (Å²) in [7, 11) is 0. The number of hydrogen-bond donors (Lipinski definition) is 2. The molecule has 1 aliphatic carbocycles. The van der Waals surface area contributed by atoms with Gasteiger partial charge in [-0.25, -0.2) is 0 Å². The van der Waals surface area contributed by atoms with Gasteiger partial charge in [0.25, 0.3) is 0 Å². The number of halogens is 1. The minimum atomic E-state index is -0.650. The molecular formula is C18H19ClN2O2. The van der Waals surface area contributed by atoms with E-state index < -0.39 is 5.54 Å². The van der Waals surface area contributed by atoms with E-state index in [4.69, 9.17) is 22.1 Å². The van der Waals surface area contributed by atoms with Gasteiger partial charge in [-0.1, -0.05) is 48.0 Å². The molecular weight excluding hydrogens is 312 g/mol. The third-order valence-corrected chi connectivity index (χ3v) is 4.33. The number of hydrogen-bond acceptors (Lipinski definition) is 3. The lowest BCUT2D eigenvalue weighted by Crippen LogP contribution is -2.42. The van der Waals surface area contributed by atoms with Crippen LogP contribution in [-0.2, 0) is 17.9 Å². The molecule has 1 saturated carbocycles. The second-order valence-corrected chi connectivity index (χ2v) is 6.23. The van der Waals surface area contributed by atoms with Crippen molar-refractivity contribution < 1.29 is 9.53 Å². The number of nitrogens with two attached hydrogens (primary N) is 1. The first-order valence-corrected chi connectivity index (χ1v) is 7.98. The van der Waals surface area contributed by atoms with Crippen LogP contribution in [0, 0.1) is 0 Å². The zero-order valence-corrected chi connectivity index (χ0v) is 13.5. The molecule has 2 aromatic carbocycles. The fourth-order valence-corrected chi connectivity index (χ4v) is 2.49. The summed E-state index contributed by atoms with van der Waals surface area (Å²) in [6.07, 6.45) is 1.52. The number of benzene rings is 2. The third-order valence-electron chi connectivity index (χ3n) is 4.02. The Morgan fingerprint density at radius 1 is 1.13 bits per heavy atom. The molecule has 23 heavy (non-hydrogen) atoms. The monoisotopic (exact) mass is 330 g/mol. The molecule has 120 valence electrons. The van der Waals surface area contributed by atoms with E-state index in [0.29, 0.717) is 23.9 Å². The second kappa shape index (κ2) is 6.60. The van der Waals surface area contributed by atoms with Crippen molar-refractivity contribution in [3.63, 3.8) is 0 Å². The molecule has 1 aliphatic rings. The molecule has 3 N–H and O–H groups in total. The van der Waals surface area contributed by atoms with Gasteiger partial charge in [-0.05, 0) is 36.1 Å². The van der Waals surface area contributed by atoms with Crippen LogP contribution in [0.25, 0.3) is 0 Å². The van der Waals surface area contributed by atoms with Gasteiger partial charge < -0.3 is 15.8 Å². The highest BCUT2D eigenvalue weighted by Crippen LogP contribution is 2.32. The average Bonchev–Trinajstić information content (AvgIpc) is 3.31. The van der Waals surface area contributed by atoms with Gasteiger partial charge in [0.15, 0.2) is 0 Å². The highest BCUT2D eigenvalue weighted by atomic mass is 35.5. The summed E-state index contributed by atoms with van der Waals surface area (Å²) in [4.78, 5) is 12.0. The van der Waals surface area contributed by atoms with Crippen molar-refractivity contribution in [3.8, 4) is 5.75 Å². The molecule has 0 unspecified atom stereocenters. The van der Waals surface area contributed by atoms with E-state index in [9.17, 15) is 4.79 Å². The molecule has 2 aromatic rings. The Morgan fingerprint density at radius 3 is 2.48 bits per heavy atom. The molecule has 3 rings (SSSR count). The van der Waals surface area contributed by atoms with Crippen LogP contribution in [0.5, 0.6) is 5.75 Å². The van der Waals surface area contributed by atoms with Crippen molar-refractivity contribution in [2.24, 2.45) is 5.73 Å². The topological polar surface area (TPSA) is 64.4 Å². The number of carbonyl (C=O) groups is 1. The zero-order valence-electron chi connectivity index (χ0n) is 12.7. The molecule has 0 heterocycles. The van der Waals surface area contributed by atoms with Crippen molar-refractivity contribution in [1.29, 1.82) is 0 Å². The Morgan fingerprint density at radius 2 is 1.78 bits per heavy atom. The van der Waals surface area contributed by atoms with E-state index in [1.165, 1.54) is 0 Å². The molecule has 0 aliphatic heterocycles. The fraction of sp³-hybridized carbons (Fsp3) is 0.278. The van der Waals surface area contributed by atoms with Crippen molar-refractivity contribution in [2.75, 3.05) is 0 Å². The molecule has 0 spiro atoms. The summed E-state index contributed by atoms with van der Waals surface area (Å²) in [5.41, 5.74) is 7.26. The lowest BCUT2D eigenvalue weighted by molar-refractivity contribution is -0.123. The first-order chi connectivity index (χ1) is 11.1. The highest BCUT2D eigenvalue weighted by Gasteiger charge is 2.45. The molecule has 4 nitrogen and oxygen atoms in total. The summed E-state index contributed by atoms with van der Waals surface area (Å²) in [6.45, 7) is 0.837. The number of ether oxygens (including phenoxy) is 1. The van der Waals surface area contributed by atoms with Crippen LogP contribution in [0.15, 0.2) is 48.5 Å². The molecule has 1 amide bonds. The zero-order chi connectivity index (χ0) is 16.3. The maximum absolute atomic E-state index is 12.0. The van der Waals surface area contributed by atoms with Crippen molar-refractivity contribution in [1.82, 2.24) is 5.32 Å². The quantitative estimate of drug-likeness (QED) is 0.855. The Kier molecular flexibility index (Phi) is 4.55. The lowest BCUT2D eigenvalue weighted by Gasteiger charge is -2.14. The van der Waals surface area contributed by atoms with Crippen LogP contribution < -0.4 is 15.8 Å². The van der Waals surface area contributed by atoms with E-state index >= 15 is 0 Å². The second-order valence-electron chi connectivity index (χ2n) is 5.83. The van der Waals surface area contributed by atoms with Crippen LogP contribution in [-0.4, -0.2) is 11.4 Å². The average molecular weight is 331 g/mol. The van der Waals surface area contributed by atoms with Crippen molar-refractivity contribution in [2.45, 2.75) is 31.5 Å². The smallest absolute Gasteiger partial charge is 0.240 e. The number of carbonyl (C=O) groups excluding carboxylic acids is 1. The summed E-state index contributed by atoms with van der Waals surface area (Å²) in [5, 5.41) is 3.49. The van der Waals surface area contributed by atoms with Crippen LogP contribution >= 0.6 is 11.6 Å². The molecule has 0 aromatic heterocycles. The van der Waals surface area contributed by atoms with E-state index in [-0.39, 0.29) is 5.91 Å². The first kappa shape index (κ1) is 15.8. The van der Waals surface area contributed by atoms with Gasteiger partial charge in [0.2, 0.25) is 5.91 Å². The summed E-state index contributed by atoms with van der Waals surface area (Å²) in [6, 6.07) is 15.2. The summed E-state index contributed by atoms with van der Waals surface area (Å²) in [5.74, 6) is 0.561. The van der Waals surface area contributed by atoms with Crippen LogP contribution in [0.1, 0.15) is 24.0 Å². The fourth-order valence-electron chi connectivity index (χ4n) is 2.30. The Labute approximate surface area is 140 Å². The SMILES string of the molecule is NC1(C(=O)NCc2ccccc2COc2ccccc2Cl)CC1. The lowest BCUT2D eigenvalue weighted by atomic mass is 10.1. The minimum Gasteiger partial charge on any atom is -0.487 e. The number of nitrogens with one attached hydrogen (secondary N) is 1. The van der Waals surface area contributed by atoms with Gasteiger partial charge in [0, 0.05) is 6.54 Å². The Bertz CT molecular complexity index is 714. The van der Waals surface area contributed by atoms with Gasteiger partial charge >= 0.3 is 0 Å². The predicted molar refractivity (Wildman–Crippen MR) is 90.2 cm³/mol. The largest absolute Gasteiger partial charge is 0.487 e. The molecule has 1 fully saturated rings. The van der Waals surface area contributed by atoms with Gasteiger partial charge in [-0.15, -0.1) is 0 Å². The maximum Gasteiger partial charge on any atom is 0.240 e. The van der Waals surface area contributed by atoms with Crippen LogP contribution in [0.3, 0.4) is 0 Å². The number of para-hydroxylation sites is 1. The molecule has 0 saturated heterocycles. The highest BCUT2D eigenvalue weighted by molar-refractivity contribution is 6.32. The Balaban J connectivity index is 1.63. The Hall–Kier alpha value is -2.04. The van der Waals surface area contributed by atoms with Crippen LogP contribution in [0.2, 0.25) is 5.02 Å². The third kappa shape index (κ3) is 3.84. The number of amides is 1. The predicted octanol–water partition coefficient (Wildman–Crippen LogP) is 3.03. The molecule has 0 bridgehead atoms. The first-order valence-electron chi connectivity index (χ1n) is 7.60. The molecule has 5 heteroatoms. The standard InChI is InChI=1S/C18H19ClN2O2/c19-15-7-3-4-8-16(15)23-12-14-6-2-1-5-13(14)11-21-17(22)18(20)9-10-18/h1-8H,9-12,20H2,(H,21,22). The van der Waals surface area contributed by atoms with Gasteiger partial charge in [-0.2, -0.15) is 0 Å². The maximum atomic E-state index is 12.0. The summed E-state index contributed by atoms with van der Waals surface area (Å²) >= 11 is 6.09. The van der Waals surface area contributed by atoms with Gasteiger partial charge in [0.1, 0.15) is 12.4 Å². The normalized spacial score (nSPS) is 15.0. The van der Waals surface area contributed by atoms with E-state index in [2.05, 4.69) is 5.32 Å². The van der Waals surface area contributed by atoms with Gasteiger partial charge in [0.05, 0.1) is 10.6 Å². The minimum absolute atomic E-state index is 0.0840.